The van der Waals surface area contributed by atoms with Crippen LogP contribution in [-0.2, 0) is 4.79 Å². The van der Waals surface area contributed by atoms with Gasteiger partial charge in [0.15, 0.2) is 0 Å². The van der Waals surface area contributed by atoms with Gasteiger partial charge in [-0.15, -0.1) is 0 Å². The highest BCUT2D eigenvalue weighted by atomic mass is 16.4. The second-order valence-corrected chi connectivity index (χ2v) is 5.11. The Morgan fingerprint density at radius 1 is 1.43 bits per heavy atom. The molecule has 0 aromatic rings. The van der Waals surface area contributed by atoms with Crippen LogP contribution in [0, 0.1) is 0 Å². The van der Waals surface area contributed by atoms with Crippen molar-refractivity contribution in [3.05, 3.63) is 0 Å². The lowest BCUT2D eigenvalue weighted by Crippen LogP contribution is -2.51. The first-order chi connectivity index (χ1) is 6.41. The van der Waals surface area contributed by atoms with Crippen LogP contribution in [-0.4, -0.2) is 34.1 Å². The summed E-state index contributed by atoms with van der Waals surface area (Å²) in [6.45, 7) is 7.52. The molecule has 0 saturated carbocycles. The van der Waals surface area contributed by atoms with Crippen LogP contribution in [0.3, 0.4) is 0 Å². The lowest BCUT2D eigenvalue weighted by molar-refractivity contribution is -0.139. The molecule has 1 fully saturated rings. The highest BCUT2D eigenvalue weighted by Gasteiger charge is 2.31. The molecule has 3 heteroatoms. The SMILES string of the molecule is CC(C)(C)N1CCCC[C@H]1CC(=O)O. The van der Waals surface area contributed by atoms with Crippen molar-refractivity contribution in [1.29, 1.82) is 0 Å². The second kappa shape index (κ2) is 4.30. The van der Waals surface area contributed by atoms with Crippen molar-refractivity contribution in [3.8, 4) is 0 Å². The zero-order chi connectivity index (χ0) is 10.8. The number of hydrogen-bond acceptors (Lipinski definition) is 2. The van der Waals surface area contributed by atoms with Gasteiger partial charge in [-0.05, 0) is 40.2 Å². The van der Waals surface area contributed by atoms with Gasteiger partial charge in [0.1, 0.15) is 0 Å². The maximum Gasteiger partial charge on any atom is 0.304 e. The summed E-state index contributed by atoms with van der Waals surface area (Å²) in [6, 6.07) is 0.237. The van der Waals surface area contributed by atoms with Crippen LogP contribution in [0.2, 0.25) is 0 Å². The third kappa shape index (κ3) is 2.98. The molecular formula is C11H21NO2. The molecule has 1 aliphatic heterocycles. The zero-order valence-electron chi connectivity index (χ0n) is 9.42. The number of hydrogen-bond donors (Lipinski definition) is 1. The Labute approximate surface area is 86.1 Å². The molecule has 0 radical (unpaired) electrons. The Morgan fingerprint density at radius 2 is 2.07 bits per heavy atom. The number of likely N-dealkylation sites (tertiary alicyclic amines) is 1. The topological polar surface area (TPSA) is 40.5 Å². The smallest absolute Gasteiger partial charge is 0.304 e. The van der Waals surface area contributed by atoms with E-state index in [0.29, 0.717) is 0 Å². The van der Waals surface area contributed by atoms with Gasteiger partial charge in [-0.2, -0.15) is 0 Å². The minimum atomic E-state index is -0.675. The summed E-state index contributed by atoms with van der Waals surface area (Å²) < 4.78 is 0. The van der Waals surface area contributed by atoms with Crippen LogP contribution >= 0.6 is 0 Å². The van der Waals surface area contributed by atoms with Crippen molar-refractivity contribution in [2.45, 2.75) is 58.0 Å². The van der Waals surface area contributed by atoms with Gasteiger partial charge in [0, 0.05) is 11.6 Å². The Balaban J connectivity index is 2.64. The van der Waals surface area contributed by atoms with E-state index in [4.69, 9.17) is 5.11 Å². The summed E-state index contributed by atoms with van der Waals surface area (Å²) in [5, 5.41) is 8.82. The Morgan fingerprint density at radius 3 is 2.57 bits per heavy atom. The van der Waals surface area contributed by atoms with E-state index in [1.807, 2.05) is 0 Å². The molecule has 1 aliphatic rings. The van der Waals surface area contributed by atoms with Gasteiger partial charge in [0.25, 0.3) is 0 Å². The minimum Gasteiger partial charge on any atom is -0.481 e. The average molecular weight is 199 g/mol. The number of nitrogens with zero attached hydrogens (tertiary/aromatic N) is 1. The number of piperidine rings is 1. The zero-order valence-corrected chi connectivity index (χ0v) is 9.42. The van der Waals surface area contributed by atoms with Crippen molar-refractivity contribution in [2.75, 3.05) is 6.54 Å². The largest absolute Gasteiger partial charge is 0.481 e. The van der Waals surface area contributed by atoms with Crippen LogP contribution in [0.4, 0.5) is 0 Å². The molecule has 1 rings (SSSR count). The fourth-order valence-electron chi connectivity index (χ4n) is 2.30. The van der Waals surface area contributed by atoms with E-state index in [1.54, 1.807) is 0 Å². The van der Waals surface area contributed by atoms with E-state index in [0.717, 1.165) is 13.0 Å². The summed E-state index contributed by atoms with van der Waals surface area (Å²) in [6.07, 6.45) is 3.69. The van der Waals surface area contributed by atoms with Gasteiger partial charge >= 0.3 is 5.97 Å². The van der Waals surface area contributed by atoms with Gasteiger partial charge in [-0.1, -0.05) is 6.42 Å². The first-order valence-electron chi connectivity index (χ1n) is 5.40. The Bertz CT molecular complexity index is 208. The number of carboxylic acid groups (broad SMARTS) is 1. The molecule has 0 unspecified atom stereocenters. The highest BCUT2D eigenvalue weighted by molar-refractivity contribution is 5.67. The number of carboxylic acids is 1. The lowest BCUT2D eigenvalue weighted by atomic mass is 9.93. The number of aliphatic carboxylic acids is 1. The third-order valence-electron chi connectivity index (χ3n) is 2.90. The van der Waals surface area contributed by atoms with E-state index in [9.17, 15) is 4.79 Å². The standard InChI is InChI=1S/C11H21NO2/c1-11(2,3)12-7-5-4-6-9(12)8-10(13)14/h9H,4-8H2,1-3H3,(H,13,14)/t9-/m0/s1. The quantitative estimate of drug-likeness (QED) is 0.740. The predicted molar refractivity (Wildman–Crippen MR) is 56.4 cm³/mol. The molecule has 0 aliphatic carbocycles. The molecule has 3 nitrogen and oxygen atoms in total. The Kier molecular flexibility index (Phi) is 3.53. The average Bonchev–Trinajstić information content (AvgIpc) is 2.01. The normalized spacial score (nSPS) is 24.9. The van der Waals surface area contributed by atoms with Crippen molar-refractivity contribution in [3.63, 3.8) is 0 Å². The number of carbonyl (C=O) groups is 1. The molecule has 0 aromatic heterocycles. The second-order valence-electron chi connectivity index (χ2n) is 5.11. The van der Waals surface area contributed by atoms with Gasteiger partial charge in [-0.25, -0.2) is 0 Å². The van der Waals surface area contributed by atoms with Crippen LogP contribution in [0.25, 0.3) is 0 Å². The van der Waals surface area contributed by atoms with E-state index in [1.165, 1.54) is 12.8 Å². The van der Waals surface area contributed by atoms with Gasteiger partial charge < -0.3 is 5.11 Å². The maximum atomic E-state index is 10.7. The predicted octanol–water partition coefficient (Wildman–Crippen LogP) is 2.11. The number of rotatable bonds is 2. The monoisotopic (exact) mass is 199 g/mol. The van der Waals surface area contributed by atoms with Gasteiger partial charge in [-0.3, -0.25) is 9.69 Å². The lowest BCUT2D eigenvalue weighted by Gasteiger charge is -2.44. The molecule has 82 valence electrons. The molecule has 1 atom stereocenters. The van der Waals surface area contributed by atoms with Crippen LogP contribution in [0.5, 0.6) is 0 Å². The van der Waals surface area contributed by atoms with Crippen molar-refractivity contribution >= 4 is 5.97 Å². The van der Waals surface area contributed by atoms with E-state index in [2.05, 4.69) is 25.7 Å². The van der Waals surface area contributed by atoms with Crippen molar-refractivity contribution < 1.29 is 9.90 Å². The van der Waals surface area contributed by atoms with Crippen LogP contribution in [0.15, 0.2) is 0 Å². The summed E-state index contributed by atoms with van der Waals surface area (Å²) in [5.74, 6) is -0.675. The summed E-state index contributed by atoms with van der Waals surface area (Å²) in [7, 11) is 0. The molecule has 0 bridgehead atoms. The van der Waals surface area contributed by atoms with Crippen molar-refractivity contribution in [1.82, 2.24) is 4.90 Å². The van der Waals surface area contributed by atoms with Crippen molar-refractivity contribution in [2.24, 2.45) is 0 Å². The molecule has 1 saturated heterocycles. The van der Waals surface area contributed by atoms with E-state index in [-0.39, 0.29) is 18.0 Å². The summed E-state index contributed by atoms with van der Waals surface area (Å²) in [4.78, 5) is 13.1. The molecule has 14 heavy (non-hydrogen) atoms. The minimum absolute atomic E-state index is 0.0978. The Hall–Kier alpha value is -0.570. The highest BCUT2D eigenvalue weighted by Crippen LogP contribution is 2.27. The summed E-state index contributed by atoms with van der Waals surface area (Å²) in [5.41, 5.74) is 0.0978. The van der Waals surface area contributed by atoms with E-state index < -0.39 is 5.97 Å². The van der Waals surface area contributed by atoms with Gasteiger partial charge in [0.2, 0.25) is 0 Å². The van der Waals surface area contributed by atoms with Crippen LogP contribution < -0.4 is 0 Å². The van der Waals surface area contributed by atoms with Gasteiger partial charge in [0.05, 0.1) is 6.42 Å². The molecule has 0 aromatic carbocycles. The van der Waals surface area contributed by atoms with Crippen LogP contribution in [0.1, 0.15) is 46.5 Å². The summed E-state index contributed by atoms with van der Waals surface area (Å²) >= 11 is 0. The fraction of sp³-hybridized carbons (Fsp3) is 0.909. The maximum absolute atomic E-state index is 10.7. The molecule has 1 N–H and O–H groups in total. The first-order valence-corrected chi connectivity index (χ1v) is 5.40. The molecule has 1 heterocycles. The first kappa shape index (κ1) is 11.5. The third-order valence-corrected chi connectivity index (χ3v) is 2.90. The molecule has 0 spiro atoms. The van der Waals surface area contributed by atoms with E-state index >= 15 is 0 Å². The molecular weight excluding hydrogens is 178 g/mol. The fourth-order valence-corrected chi connectivity index (χ4v) is 2.30. The molecule has 0 amide bonds.